The van der Waals surface area contributed by atoms with Crippen LogP contribution in [0.15, 0.2) is 18.2 Å². The summed E-state index contributed by atoms with van der Waals surface area (Å²) in [6.45, 7) is 6.99. The molecule has 0 aromatic heterocycles. The highest BCUT2D eigenvalue weighted by atomic mass is 19.1. The Morgan fingerprint density at radius 1 is 1.24 bits per heavy atom. The van der Waals surface area contributed by atoms with E-state index in [1.54, 1.807) is 0 Å². The maximum Gasteiger partial charge on any atom is 0.126 e. The molecule has 1 heterocycles. The highest BCUT2D eigenvalue weighted by Crippen LogP contribution is 2.41. The average molecular weight is 294 g/mol. The third-order valence-corrected chi connectivity index (χ3v) is 5.05. The van der Waals surface area contributed by atoms with Crippen molar-refractivity contribution in [2.24, 2.45) is 5.92 Å². The van der Waals surface area contributed by atoms with Gasteiger partial charge in [-0.2, -0.15) is 0 Å². The lowest BCUT2D eigenvalue weighted by molar-refractivity contribution is 0.0664. The van der Waals surface area contributed by atoms with Crippen molar-refractivity contribution in [3.05, 3.63) is 35.4 Å². The van der Waals surface area contributed by atoms with Crippen molar-refractivity contribution in [3.63, 3.8) is 0 Å². The van der Waals surface area contributed by atoms with Crippen LogP contribution in [-0.2, 0) is 6.54 Å². The Morgan fingerprint density at radius 3 is 2.48 bits per heavy atom. The minimum absolute atomic E-state index is 0.150. The first-order valence-electron chi connectivity index (χ1n) is 7.94. The first-order chi connectivity index (χ1) is 10.00. The SMILES string of the molecule is CCC1CNC(C)(C2CC2)CN1Cc1cc(F)cc(F)c1. The van der Waals surface area contributed by atoms with Gasteiger partial charge in [0, 0.05) is 37.3 Å². The van der Waals surface area contributed by atoms with Crippen LogP contribution >= 0.6 is 0 Å². The van der Waals surface area contributed by atoms with Gasteiger partial charge < -0.3 is 5.32 Å². The van der Waals surface area contributed by atoms with E-state index in [1.807, 2.05) is 0 Å². The van der Waals surface area contributed by atoms with Gasteiger partial charge in [-0.05, 0) is 49.8 Å². The van der Waals surface area contributed by atoms with Gasteiger partial charge in [0.2, 0.25) is 0 Å². The molecule has 2 atom stereocenters. The van der Waals surface area contributed by atoms with E-state index in [4.69, 9.17) is 0 Å². The number of nitrogens with one attached hydrogen (secondary N) is 1. The summed E-state index contributed by atoms with van der Waals surface area (Å²) in [6.07, 6.45) is 3.64. The summed E-state index contributed by atoms with van der Waals surface area (Å²) in [5.74, 6) is -0.224. The number of rotatable bonds is 4. The van der Waals surface area contributed by atoms with Crippen molar-refractivity contribution in [1.82, 2.24) is 10.2 Å². The zero-order chi connectivity index (χ0) is 15.0. The van der Waals surface area contributed by atoms with E-state index in [2.05, 4.69) is 24.1 Å². The minimum atomic E-state index is -0.488. The highest BCUT2D eigenvalue weighted by molar-refractivity contribution is 5.18. The number of hydrogen-bond donors (Lipinski definition) is 1. The number of nitrogens with zero attached hydrogens (tertiary/aromatic N) is 1. The van der Waals surface area contributed by atoms with Crippen LogP contribution in [-0.4, -0.2) is 29.6 Å². The molecule has 1 saturated carbocycles. The van der Waals surface area contributed by atoms with E-state index in [-0.39, 0.29) is 5.54 Å². The fraction of sp³-hybridized carbons (Fsp3) is 0.647. The molecule has 1 N–H and O–H groups in total. The van der Waals surface area contributed by atoms with Crippen LogP contribution in [0.2, 0.25) is 0 Å². The molecule has 1 aromatic rings. The topological polar surface area (TPSA) is 15.3 Å². The van der Waals surface area contributed by atoms with Crippen LogP contribution in [0.4, 0.5) is 8.78 Å². The molecule has 2 aliphatic rings. The maximum absolute atomic E-state index is 13.4. The Labute approximate surface area is 125 Å². The number of benzene rings is 1. The first kappa shape index (κ1) is 14.9. The molecule has 0 radical (unpaired) electrons. The third-order valence-electron chi connectivity index (χ3n) is 5.05. The second-order valence-electron chi connectivity index (χ2n) is 6.82. The van der Waals surface area contributed by atoms with Gasteiger partial charge in [0.15, 0.2) is 0 Å². The molecular weight excluding hydrogens is 270 g/mol. The lowest BCUT2D eigenvalue weighted by Gasteiger charge is -2.46. The number of piperazine rings is 1. The normalized spacial score (nSPS) is 30.6. The van der Waals surface area contributed by atoms with Crippen LogP contribution in [0.1, 0.15) is 38.7 Å². The fourth-order valence-electron chi connectivity index (χ4n) is 3.61. The summed E-state index contributed by atoms with van der Waals surface area (Å²) in [7, 11) is 0. The van der Waals surface area contributed by atoms with Crippen LogP contribution in [0, 0.1) is 17.6 Å². The Bertz CT molecular complexity index is 495. The fourth-order valence-corrected chi connectivity index (χ4v) is 3.61. The molecule has 0 bridgehead atoms. The van der Waals surface area contributed by atoms with E-state index in [1.165, 1.54) is 25.0 Å². The van der Waals surface area contributed by atoms with Crippen molar-refractivity contribution in [1.29, 1.82) is 0 Å². The van der Waals surface area contributed by atoms with Gasteiger partial charge in [-0.1, -0.05) is 6.92 Å². The molecule has 1 aliphatic heterocycles. The molecule has 1 saturated heterocycles. The first-order valence-corrected chi connectivity index (χ1v) is 7.94. The van der Waals surface area contributed by atoms with Gasteiger partial charge in [-0.25, -0.2) is 8.78 Å². The second kappa shape index (κ2) is 5.65. The van der Waals surface area contributed by atoms with Crippen LogP contribution < -0.4 is 5.32 Å². The Kier molecular flexibility index (Phi) is 4.02. The average Bonchev–Trinajstić information content (AvgIpc) is 3.22. The van der Waals surface area contributed by atoms with E-state index < -0.39 is 11.6 Å². The lowest BCUT2D eigenvalue weighted by Crippen LogP contribution is -2.63. The second-order valence-corrected chi connectivity index (χ2v) is 6.82. The standard InChI is InChI=1S/C17H24F2N2/c1-3-16-9-20-17(2,13-4-5-13)11-21(16)10-12-6-14(18)8-15(19)7-12/h6-8,13,16,20H,3-5,9-11H2,1-2H3. The molecule has 2 nitrogen and oxygen atoms in total. The minimum Gasteiger partial charge on any atom is -0.308 e. The van der Waals surface area contributed by atoms with E-state index in [9.17, 15) is 8.78 Å². The molecule has 21 heavy (non-hydrogen) atoms. The largest absolute Gasteiger partial charge is 0.308 e. The smallest absolute Gasteiger partial charge is 0.126 e. The summed E-state index contributed by atoms with van der Waals surface area (Å²) in [5.41, 5.74) is 0.878. The summed E-state index contributed by atoms with van der Waals surface area (Å²) in [6, 6.07) is 4.27. The van der Waals surface area contributed by atoms with E-state index in [0.29, 0.717) is 12.6 Å². The zero-order valence-corrected chi connectivity index (χ0v) is 12.8. The monoisotopic (exact) mass is 294 g/mol. The Balaban J connectivity index is 1.76. The molecule has 2 fully saturated rings. The Hall–Kier alpha value is -1.00. The van der Waals surface area contributed by atoms with Gasteiger partial charge >= 0.3 is 0 Å². The van der Waals surface area contributed by atoms with Crippen LogP contribution in [0.25, 0.3) is 0 Å². The van der Waals surface area contributed by atoms with E-state index >= 15 is 0 Å². The third kappa shape index (κ3) is 3.27. The highest BCUT2D eigenvalue weighted by Gasteiger charge is 2.45. The molecule has 2 unspecified atom stereocenters. The molecule has 1 aliphatic carbocycles. The van der Waals surface area contributed by atoms with Crippen molar-refractivity contribution >= 4 is 0 Å². The quantitative estimate of drug-likeness (QED) is 0.916. The summed E-state index contributed by atoms with van der Waals surface area (Å²) >= 11 is 0. The number of halogens is 2. The Morgan fingerprint density at radius 2 is 1.90 bits per heavy atom. The predicted molar refractivity (Wildman–Crippen MR) is 80.0 cm³/mol. The van der Waals surface area contributed by atoms with Gasteiger partial charge in [0.05, 0.1) is 0 Å². The van der Waals surface area contributed by atoms with Gasteiger partial charge in [0.25, 0.3) is 0 Å². The van der Waals surface area contributed by atoms with Crippen molar-refractivity contribution in [2.75, 3.05) is 13.1 Å². The molecule has 116 valence electrons. The maximum atomic E-state index is 13.4. The van der Waals surface area contributed by atoms with Crippen LogP contribution in [0.3, 0.4) is 0 Å². The van der Waals surface area contributed by atoms with E-state index in [0.717, 1.165) is 37.1 Å². The summed E-state index contributed by atoms with van der Waals surface area (Å²) in [4.78, 5) is 2.39. The molecule has 1 aromatic carbocycles. The van der Waals surface area contributed by atoms with Crippen molar-refractivity contribution in [2.45, 2.75) is 51.2 Å². The molecule has 0 spiro atoms. The lowest BCUT2D eigenvalue weighted by atomic mass is 9.90. The zero-order valence-electron chi connectivity index (χ0n) is 12.8. The summed E-state index contributed by atoms with van der Waals surface area (Å²) < 4.78 is 26.8. The van der Waals surface area contributed by atoms with Crippen LogP contribution in [0.5, 0.6) is 0 Å². The molecule has 4 heteroatoms. The molecular formula is C17H24F2N2. The molecule has 3 rings (SSSR count). The number of hydrogen-bond acceptors (Lipinski definition) is 2. The molecule has 0 amide bonds. The summed E-state index contributed by atoms with van der Waals surface area (Å²) in [5, 5.41) is 3.71. The van der Waals surface area contributed by atoms with Gasteiger partial charge in [0.1, 0.15) is 11.6 Å². The van der Waals surface area contributed by atoms with Crippen molar-refractivity contribution < 1.29 is 8.78 Å². The van der Waals surface area contributed by atoms with Gasteiger partial charge in [-0.15, -0.1) is 0 Å². The van der Waals surface area contributed by atoms with Gasteiger partial charge in [-0.3, -0.25) is 4.90 Å². The van der Waals surface area contributed by atoms with Crippen molar-refractivity contribution in [3.8, 4) is 0 Å². The predicted octanol–water partition coefficient (Wildman–Crippen LogP) is 3.32.